The van der Waals surface area contributed by atoms with Crippen LogP contribution in [0, 0.1) is 17.8 Å². The minimum atomic E-state index is -0.281. The first-order chi connectivity index (χ1) is 14.6. The molecule has 4 saturated carbocycles. The third-order valence-corrected chi connectivity index (χ3v) is 7.72. The van der Waals surface area contributed by atoms with Crippen molar-refractivity contribution in [1.29, 1.82) is 0 Å². The van der Waals surface area contributed by atoms with Crippen LogP contribution in [0.2, 0.25) is 0 Å². The SMILES string of the molecule is CCOc1cc(CNC23CC4CC(CC(C4)C2)C3)c(Br)cc1OCC(=O)NC(C)(C)C. The molecule has 4 bridgehead atoms. The second-order valence-electron chi connectivity index (χ2n) is 11.0. The van der Waals surface area contributed by atoms with E-state index in [-0.39, 0.29) is 18.1 Å². The predicted molar refractivity (Wildman–Crippen MR) is 126 cm³/mol. The molecule has 0 heterocycles. The van der Waals surface area contributed by atoms with E-state index in [1.807, 2.05) is 33.8 Å². The summed E-state index contributed by atoms with van der Waals surface area (Å²) in [6.45, 7) is 9.17. The number of ether oxygens (including phenoxy) is 2. The summed E-state index contributed by atoms with van der Waals surface area (Å²) in [5.74, 6) is 3.93. The molecule has 0 unspecified atom stereocenters. The molecule has 0 aromatic heterocycles. The molecular formula is C25H37BrN2O3. The van der Waals surface area contributed by atoms with Gasteiger partial charge in [0.25, 0.3) is 5.91 Å². The summed E-state index contributed by atoms with van der Waals surface area (Å²) in [7, 11) is 0. The van der Waals surface area contributed by atoms with Gasteiger partial charge in [0, 0.05) is 22.1 Å². The van der Waals surface area contributed by atoms with Crippen molar-refractivity contribution in [3.8, 4) is 11.5 Å². The van der Waals surface area contributed by atoms with E-state index < -0.39 is 0 Å². The summed E-state index contributed by atoms with van der Waals surface area (Å²) in [5, 5.41) is 6.88. The second kappa shape index (κ2) is 8.93. The van der Waals surface area contributed by atoms with Crippen LogP contribution in [0.3, 0.4) is 0 Å². The fraction of sp³-hybridized carbons (Fsp3) is 0.720. The Balaban J connectivity index is 1.43. The molecule has 31 heavy (non-hydrogen) atoms. The Kier molecular flexibility index (Phi) is 6.60. The Morgan fingerprint density at radius 1 is 1.06 bits per heavy atom. The maximum absolute atomic E-state index is 12.2. The van der Waals surface area contributed by atoms with Crippen molar-refractivity contribution >= 4 is 21.8 Å². The highest BCUT2D eigenvalue weighted by Crippen LogP contribution is 2.55. The van der Waals surface area contributed by atoms with E-state index in [0.29, 0.717) is 23.6 Å². The van der Waals surface area contributed by atoms with Crippen LogP contribution in [0.1, 0.15) is 71.8 Å². The van der Waals surface area contributed by atoms with Gasteiger partial charge >= 0.3 is 0 Å². The van der Waals surface area contributed by atoms with Crippen LogP contribution in [0.5, 0.6) is 11.5 Å². The number of rotatable bonds is 8. The Morgan fingerprint density at radius 2 is 1.65 bits per heavy atom. The summed E-state index contributed by atoms with van der Waals surface area (Å²) >= 11 is 3.72. The van der Waals surface area contributed by atoms with Crippen molar-refractivity contribution in [3.63, 3.8) is 0 Å². The van der Waals surface area contributed by atoms with Gasteiger partial charge in [-0.15, -0.1) is 0 Å². The van der Waals surface area contributed by atoms with Gasteiger partial charge < -0.3 is 20.1 Å². The number of carbonyl (C=O) groups is 1. The Hall–Kier alpha value is -1.27. The molecular weight excluding hydrogens is 456 g/mol. The van der Waals surface area contributed by atoms with Crippen molar-refractivity contribution in [1.82, 2.24) is 10.6 Å². The lowest BCUT2D eigenvalue weighted by Gasteiger charge is -2.57. The van der Waals surface area contributed by atoms with Gasteiger partial charge in [-0.3, -0.25) is 4.79 Å². The first kappa shape index (κ1) is 22.9. The summed E-state index contributed by atoms with van der Waals surface area (Å²) in [4.78, 5) is 12.2. The van der Waals surface area contributed by atoms with E-state index >= 15 is 0 Å². The number of halogens is 1. The van der Waals surface area contributed by atoms with E-state index in [9.17, 15) is 4.79 Å². The van der Waals surface area contributed by atoms with Gasteiger partial charge in [0.05, 0.1) is 6.61 Å². The van der Waals surface area contributed by atoms with Crippen molar-refractivity contribution in [2.24, 2.45) is 17.8 Å². The molecule has 0 radical (unpaired) electrons. The average molecular weight is 493 g/mol. The quantitative estimate of drug-likeness (QED) is 0.523. The minimum absolute atomic E-state index is 0.0331. The minimum Gasteiger partial charge on any atom is -0.490 e. The lowest BCUT2D eigenvalue weighted by molar-refractivity contribution is -0.124. The maximum Gasteiger partial charge on any atom is 0.258 e. The highest BCUT2D eigenvalue weighted by Gasteiger charge is 2.50. The van der Waals surface area contributed by atoms with Crippen LogP contribution in [0.4, 0.5) is 0 Å². The molecule has 4 aliphatic rings. The van der Waals surface area contributed by atoms with Crippen LogP contribution in [-0.2, 0) is 11.3 Å². The Labute approximate surface area is 195 Å². The van der Waals surface area contributed by atoms with E-state index in [1.54, 1.807) is 0 Å². The van der Waals surface area contributed by atoms with E-state index in [1.165, 1.54) is 44.1 Å². The van der Waals surface area contributed by atoms with Crippen molar-refractivity contribution in [2.45, 2.75) is 83.8 Å². The molecule has 0 atom stereocenters. The number of benzene rings is 1. The van der Waals surface area contributed by atoms with Crippen molar-refractivity contribution in [2.75, 3.05) is 13.2 Å². The molecule has 2 N–H and O–H groups in total. The number of nitrogens with one attached hydrogen (secondary N) is 2. The first-order valence-electron chi connectivity index (χ1n) is 11.8. The lowest BCUT2D eigenvalue weighted by atomic mass is 9.53. The van der Waals surface area contributed by atoms with Gasteiger partial charge in [-0.2, -0.15) is 0 Å². The number of hydrogen-bond acceptors (Lipinski definition) is 4. The molecule has 5 nitrogen and oxygen atoms in total. The fourth-order valence-corrected chi connectivity index (χ4v) is 6.76. The van der Waals surface area contributed by atoms with Crippen LogP contribution >= 0.6 is 15.9 Å². The smallest absolute Gasteiger partial charge is 0.258 e. The summed E-state index contributed by atoms with van der Waals surface area (Å²) < 4.78 is 12.7. The molecule has 1 aromatic carbocycles. The molecule has 1 aromatic rings. The third-order valence-electron chi connectivity index (χ3n) is 6.98. The topological polar surface area (TPSA) is 59.6 Å². The zero-order chi connectivity index (χ0) is 22.2. The van der Waals surface area contributed by atoms with Crippen LogP contribution in [-0.4, -0.2) is 30.2 Å². The summed E-state index contributed by atoms with van der Waals surface area (Å²) in [6.07, 6.45) is 8.35. The Bertz CT molecular complexity index is 782. The summed E-state index contributed by atoms with van der Waals surface area (Å²) in [5.41, 5.74) is 1.21. The van der Waals surface area contributed by atoms with E-state index in [2.05, 4.69) is 32.6 Å². The monoisotopic (exact) mass is 492 g/mol. The molecule has 1 amide bonds. The number of amides is 1. The molecule has 6 heteroatoms. The largest absolute Gasteiger partial charge is 0.490 e. The zero-order valence-electron chi connectivity index (χ0n) is 19.4. The van der Waals surface area contributed by atoms with Crippen LogP contribution in [0.15, 0.2) is 16.6 Å². The Morgan fingerprint density at radius 3 is 2.19 bits per heavy atom. The normalized spacial score (nSPS) is 29.1. The maximum atomic E-state index is 12.2. The van der Waals surface area contributed by atoms with Gasteiger partial charge in [0.1, 0.15) is 0 Å². The number of carbonyl (C=O) groups excluding carboxylic acids is 1. The van der Waals surface area contributed by atoms with E-state index in [4.69, 9.17) is 9.47 Å². The lowest BCUT2D eigenvalue weighted by Crippen LogP contribution is -2.58. The highest BCUT2D eigenvalue weighted by molar-refractivity contribution is 9.10. The van der Waals surface area contributed by atoms with Crippen LogP contribution in [0.25, 0.3) is 0 Å². The predicted octanol–water partition coefficient (Wildman–Crippen LogP) is 5.20. The molecule has 0 spiro atoms. The molecule has 5 rings (SSSR count). The molecule has 0 saturated heterocycles. The van der Waals surface area contributed by atoms with Crippen LogP contribution < -0.4 is 20.1 Å². The second-order valence-corrected chi connectivity index (χ2v) is 11.8. The van der Waals surface area contributed by atoms with Crippen molar-refractivity contribution in [3.05, 3.63) is 22.2 Å². The zero-order valence-corrected chi connectivity index (χ0v) is 20.9. The van der Waals surface area contributed by atoms with Gasteiger partial charge in [0.2, 0.25) is 0 Å². The molecule has 0 aliphatic heterocycles. The van der Waals surface area contributed by atoms with Gasteiger partial charge in [-0.1, -0.05) is 15.9 Å². The third kappa shape index (κ3) is 5.57. The molecule has 4 aliphatic carbocycles. The van der Waals surface area contributed by atoms with Gasteiger partial charge in [-0.05, 0) is 102 Å². The molecule has 4 fully saturated rings. The fourth-order valence-electron chi connectivity index (χ4n) is 6.30. The molecule has 172 valence electrons. The first-order valence-corrected chi connectivity index (χ1v) is 12.6. The highest BCUT2D eigenvalue weighted by atomic mass is 79.9. The number of hydrogen-bond donors (Lipinski definition) is 2. The summed E-state index contributed by atoms with van der Waals surface area (Å²) in [6, 6.07) is 3.99. The average Bonchev–Trinajstić information content (AvgIpc) is 2.64. The van der Waals surface area contributed by atoms with Crippen molar-refractivity contribution < 1.29 is 14.3 Å². The van der Waals surface area contributed by atoms with Gasteiger partial charge in [-0.25, -0.2) is 0 Å². The standard InChI is InChI=1S/C25H37BrN2O3/c1-5-30-21-9-19(20(26)10-22(21)31-15-23(29)28-24(2,3)4)14-27-25-11-16-6-17(12-25)8-18(7-16)13-25/h9-10,16-18,27H,5-8,11-15H2,1-4H3,(H,28,29). The van der Waals surface area contributed by atoms with E-state index in [0.717, 1.165) is 28.8 Å². The van der Waals surface area contributed by atoms with Gasteiger partial charge in [0.15, 0.2) is 18.1 Å².